The van der Waals surface area contributed by atoms with Gasteiger partial charge in [-0.1, -0.05) is 71.1 Å². The number of amides is 1. The minimum atomic E-state index is -0.389. The van der Waals surface area contributed by atoms with Gasteiger partial charge < -0.3 is 15.4 Å². The van der Waals surface area contributed by atoms with Crippen molar-refractivity contribution in [2.75, 3.05) is 12.4 Å². The first kappa shape index (κ1) is 25.1. The summed E-state index contributed by atoms with van der Waals surface area (Å²) in [6, 6.07) is 6.72. The fraction of sp³-hybridized carbons (Fsp3) is 0.609. The number of esters is 1. The number of hydrogen-bond donors (Lipinski definition) is 2. The Labute approximate surface area is 181 Å². The number of carbonyl (C=O) groups excluding carboxylic acids is 2. The maximum atomic E-state index is 12.0. The average Bonchev–Trinajstić information content (AvgIpc) is 2.71. The molecule has 0 radical (unpaired) electrons. The van der Waals surface area contributed by atoms with E-state index in [2.05, 4.69) is 22.3 Å². The minimum absolute atomic E-state index is 0.0652. The molecule has 1 amide bonds. The van der Waals surface area contributed by atoms with E-state index in [1.165, 1.54) is 64.9 Å². The fourth-order valence-corrected chi connectivity index (χ4v) is 3.34. The van der Waals surface area contributed by atoms with E-state index in [4.69, 9.17) is 12.2 Å². The van der Waals surface area contributed by atoms with E-state index in [-0.39, 0.29) is 17.0 Å². The van der Waals surface area contributed by atoms with Gasteiger partial charge in [-0.3, -0.25) is 4.79 Å². The topological polar surface area (TPSA) is 67.4 Å². The summed E-state index contributed by atoms with van der Waals surface area (Å²) in [5.74, 6) is -0.455. The predicted molar refractivity (Wildman–Crippen MR) is 123 cm³/mol. The molecule has 0 unspecified atom stereocenters. The Hall–Kier alpha value is -1.95. The molecule has 5 nitrogen and oxygen atoms in total. The van der Waals surface area contributed by atoms with Crippen molar-refractivity contribution in [3.05, 3.63) is 29.8 Å². The first-order valence-corrected chi connectivity index (χ1v) is 11.3. The molecule has 1 aromatic rings. The zero-order valence-corrected chi connectivity index (χ0v) is 18.7. The van der Waals surface area contributed by atoms with Crippen LogP contribution >= 0.6 is 12.2 Å². The molecule has 0 saturated heterocycles. The molecule has 0 aliphatic carbocycles. The van der Waals surface area contributed by atoms with Gasteiger partial charge in [0.1, 0.15) is 0 Å². The standard InChI is InChI=1S/C23H36N2O3S/c1-3-4-5-6-7-8-9-10-11-12-13-14-21(26)25-23(29)24-20-17-15-19(16-18-20)22(27)28-2/h15-18H,3-14H2,1-2H3,(H2,24,25,26,29). The van der Waals surface area contributed by atoms with E-state index in [0.29, 0.717) is 17.7 Å². The summed E-state index contributed by atoms with van der Waals surface area (Å²) in [5, 5.41) is 5.92. The van der Waals surface area contributed by atoms with E-state index in [1.54, 1.807) is 24.3 Å². The Balaban J connectivity index is 2.06. The van der Waals surface area contributed by atoms with Crippen molar-refractivity contribution in [2.45, 2.75) is 84.0 Å². The van der Waals surface area contributed by atoms with E-state index in [9.17, 15) is 9.59 Å². The molecular formula is C23H36N2O3S. The second-order valence-electron chi connectivity index (χ2n) is 7.36. The molecule has 1 aromatic carbocycles. The van der Waals surface area contributed by atoms with Gasteiger partial charge in [0.25, 0.3) is 0 Å². The van der Waals surface area contributed by atoms with Gasteiger partial charge in [-0.15, -0.1) is 0 Å². The number of anilines is 1. The number of methoxy groups -OCH3 is 1. The third-order valence-electron chi connectivity index (χ3n) is 4.82. The monoisotopic (exact) mass is 420 g/mol. The highest BCUT2D eigenvalue weighted by atomic mass is 32.1. The largest absolute Gasteiger partial charge is 0.465 e. The normalized spacial score (nSPS) is 10.4. The lowest BCUT2D eigenvalue weighted by Crippen LogP contribution is -2.33. The summed E-state index contributed by atoms with van der Waals surface area (Å²) in [6.07, 6.45) is 14.3. The van der Waals surface area contributed by atoms with Crippen LogP contribution in [-0.4, -0.2) is 24.1 Å². The lowest BCUT2D eigenvalue weighted by Gasteiger charge is -2.10. The zero-order chi connectivity index (χ0) is 21.3. The first-order chi connectivity index (χ1) is 14.1. The Morgan fingerprint density at radius 2 is 1.38 bits per heavy atom. The van der Waals surface area contributed by atoms with Crippen LogP contribution < -0.4 is 10.6 Å². The number of rotatable bonds is 14. The molecule has 0 fully saturated rings. The van der Waals surface area contributed by atoms with Crippen LogP contribution in [0.1, 0.15) is 94.3 Å². The smallest absolute Gasteiger partial charge is 0.337 e. The fourth-order valence-electron chi connectivity index (χ4n) is 3.11. The molecule has 0 heterocycles. The summed E-state index contributed by atoms with van der Waals surface area (Å²) >= 11 is 5.17. The van der Waals surface area contributed by atoms with Gasteiger partial charge in [-0.05, 0) is 42.9 Å². The van der Waals surface area contributed by atoms with Crippen LogP contribution in [0, 0.1) is 0 Å². The number of hydrogen-bond acceptors (Lipinski definition) is 4. The highest BCUT2D eigenvalue weighted by Gasteiger charge is 2.07. The molecule has 0 saturated carbocycles. The van der Waals surface area contributed by atoms with Crippen LogP contribution in [-0.2, 0) is 9.53 Å². The molecule has 0 aliphatic rings. The molecule has 0 aliphatic heterocycles. The third kappa shape index (κ3) is 12.3. The van der Waals surface area contributed by atoms with E-state index in [1.807, 2.05) is 0 Å². The number of nitrogens with one attached hydrogen (secondary N) is 2. The van der Waals surface area contributed by atoms with Gasteiger partial charge in [-0.2, -0.15) is 0 Å². The zero-order valence-electron chi connectivity index (χ0n) is 17.9. The second-order valence-corrected chi connectivity index (χ2v) is 7.77. The molecule has 162 valence electrons. The molecule has 0 bridgehead atoms. The molecule has 29 heavy (non-hydrogen) atoms. The lowest BCUT2D eigenvalue weighted by molar-refractivity contribution is -0.119. The summed E-state index contributed by atoms with van der Waals surface area (Å²) in [4.78, 5) is 23.4. The molecular weight excluding hydrogens is 384 g/mol. The van der Waals surface area contributed by atoms with Crippen molar-refractivity contribution in [1.82, 2.24) is 5.32 Å². The highest BCUT2D eigenvalue weighted by molar-refractivity contribution is 7.80. The Kier molecular flexibility index (Phi) is 13.8. The SMILES string of the molecule is CCCCCCCCCCCCCC(=O)NC(=S)Nc1ccc(C(=O)OC)cc1. The van der Waals surface area contributed by atoms with Gasteiger partial charge in [0.2, 0.25) is 5.91 Å². The van der Waals surface area contributed by atoms with Crippen LogP contribution in [0.2, 0.25) is 0 Å². The van der Waals surface area contributed by atoms with Crippen molar-refractivity contribution < 1.29 is 14.3 Å². The quantitative estimate of drug-likeness (QED) is 0.220. The van der Waals surface area contributed by atoms with E-state index in [0.717, 1.165) is 12.8 Å². The van der Waals surface area contributed by atoms with Crippen LogP contribution in [0.25, 0.3) is 0 Å². The number of unbranched alkanes of at least 4 members (excludes halogenated alkanes) is 10. The van der Waals surface area contributed by atoms with Crippen LogP contribution in [0.4, 0.5) is 5.69 Å². The van der Waals surface area contributed by atoms with Crippen molar-refractivity contribution >= 4 is 34.9 Å². The van der Waals surface area contributed by atoms with Gasteiger partial charge in [0.05, 0.1) is 12.7 Å². The van der Waals surface area contributed by atoms with Crippen LogP contribution in [0.3, 0.4) is 0 Å². The van der Waals surface area contributed by atoms with Crippen LogP contribution in [0.5, 0.6) is 0 Å². The summed E-state index contributed by atoms with van der Waals surface area (Å²) in [5.41, 5.74) is 1.17. The van der Waals surface area contributed by atoms with Gasteiger partial charge >= 0.3 is 5.97 Å². The maximum Gasteiger partial charge on any atom is 0.337 e. The number of ether oxygens (including phenoxy) is 1. The Bertz CT molecular complexity index is 617. The van der Waals surface area contributed by atoms with Crippen LogP contribution in [0.15, 0.2) is 24.3 Å². The average molecular weight is 421 g/mol. The van der Waals surface area contributed by atoms with Crippen molar-refractivity contribution in [1.29, 1.82) is 0 Å². The highest BCUT2D eigenvalue weighted by Crippen LogP contribution is 2.12. The summed E-state index contributed by atoms with van der Waals surface area (Å²) < 4.78 is 4.66. The predicted octanol–water partition coefficient (Wildman–Crippen LogP) is 5.99. The van der Waals surface area contributed by atoms with Crippen molar-refractivity contribution in [3.8, 4) is 0 Å². The Morgan fingerprint density at radius 1 is 0.862 bits per heavy atom. The maximum absolute atomic E-state index is 12.0. The van der Waals surface area contributed by atoms with Gasteiger partial charge in [0.15, 0.2) is 5.11 Å². The molecule has 0 atom stereocenters. The van der Waals surface area contributed by atoms with E-state index < -0.39 is 0 Å². The first-order valence-electron chi connectivity index (χ1n) is 10.9. The summed E-state index contributed by atoms with van der Waals surface area (Å²) in [6.45, 7) is 2.25. The van der Waals surface area contributed by atoms with Gasteiger partial charge in [0, 0.05) is 12.1 Å². The number of thiocarbonyl (C=S) groups is 1. The third-order valence-corrected chi connectivity index (χ3v) is 5.03. The lowest BCUT2D eigenvalue weighted by atomic mass is 10.1. The van der Waals surface area contributed by atoms with E-state index >= 15 is 0 Å². The second kappa shape index (κ2) is 15.9. The molecule has 1 rings (SSSR count). The summed E-state index contributed by atoms with van der Waals surface area (Å²) in [7, 11) is 1.34. The van der Waals surface area contributed by atoms with Crippen molar-refractivity contribution in [3.63, 3.8) is 0 Å². The molecule has 2 N–H and O–H groups in total. The molecule has 6 heteroatoms. The minimum Gasteiger partial charge on any atom is -0.465 e. The molecule has 0 spiro atoms. The number of carbonyl (C=O) groups is 2. The number of benzene rings is 1. The van der Waals surface area contributed by atoms with Gasteiger partial charge in [-0.25, -0.2) is 4.79 Å². The van der Waals surface area contributed by atoms with Crippen molar-refractivity contribution in [2.24, 2.45) is 0 Å². The Morgan fingerprint density at radius 3 is 1.90 bits per heavy atom. The molecule has 0 aromatic heterocycles.